The summed E-state index contributed by atoms with van der Waals surface area (Å²) in [7, 11) is 0. The second-order valence-electron chi connectivity index (χ2n) is 6.36. The lowest BCUT2D eigenvalue weighted by atomic mass is 10.00. The normalized spacial score (nSPS) is 21.6. The van der Waals surface area contributed by atoms with Gasteiger partial charge in [0.2, 0.25) is 5.91 Å². The lowest BCUT2D eigenvalue weighted by Crippen LogP contribution is -2.52. The maximum absolute atomic E-state index is 12.2. The maximum Gasteiger partial charge on any atom is 0.238 e. The number of amides is 1. The monoisotopic (exact) mass is 288 g/mol. The van der Waals surface area contributed by atoms with Crippen LogP contribution in [0.4, 0.5) is 5.69 Å². The molecule has 0 radical (unpaired) electrons. The van der Waals surface area contributed by atoms with E-state index in [1.54, 1.807) is 0 Å². The highest BCUT2D eigenvalue weighted by Crippen LogP contribution is 2.35. The Bertz CT molecular complexity index is 492. The summed E-state index contributed by atoms with van der Waals surface area (Å²) in [5.41, 5.74) is 2.10. The third kappa shape index (κ3) is 3.63. The molecule has 1 saturated heterocycles. The van der Waals surface area contributed by atoms with Crippen LogP contribution in [0.25, 0.3) is 0 Å². The van der Waals surface area contributed by atoms with Gasteiger partial charge in [0, 0.05) is 18.8 Å². The molecule has 1 amide bonds. The molecule has 1 aromatic carbocycles. The molecule has 0 bridgehead atoms. The number of nitrogens with one attached hydrogen (secondary N) is 1. The van der Waals surface area contributed by atoms with Gasteiger partial charge >= 0.3 is 0 Å². The first-order valence-corrected chi connectivity index (χ1v) is 7.88. The van der Waals surface area contributed by atoms with Gasteiger partial charge < -0.3 is 10.1 Å². The first kappa shape index (κ1) is 14.5. The fourth-order valence-corrected chi connectivity index (χ4v) is 3.42. The highest BCUT2D eigenvalue weighted by Gasteiger charge is 2.39. The van der Waals surface area contributed by atoms with Gasteiger partial charge in [-0.25, -0.2) is 0 Å². The molecular formula is C17H24N2O2. The molecule has 1 aliphatic carbocycles. The van der Waals surface area contributed by atoms with Gasteiger partial charge in [-0.15, -0.1) is 0 Å². The zero-order valence-electron chi connectivity index (χ0n) is 12.7. The van der Waals surface area contributed by atoms with Crippen molar-refractivity contribution >= 4 is 11.6 Å². The van der Waals surface area contributed by atoms with E-state index in [0.717, 1.165) is 38.2 Å². The van der Waals surface area contributed by atoms with E-state index in [0.29, 0.717) is 6.54 Å². The van der Waals surface area contributed by atoms with E-state index in [9.17, 15) is 4.79 Å². The van der Waals surface area contributed by atoms with Gasteiger partial charge in [-0.2, -0.15) is 0 Å². The number of hydrogen-bond acceptors (Lipinski definition) is 3. The van der Waals surface area contributed by atoms with Crippen LogP contribution in [0.15, 0.2) is 24.3 Å². The molecule has 0 atom stereocenters. The van der Waals surface area contributed by atoms with Crippen molar-refractivity contribution in [2.75, 3.05) is 31.6 Å². The second-order valence-corrected chi connectivity index (χ2v) is 6.36. The molecule has 114 valence electrons. The van der Waals surface area contributed by atoms with Gasteiger partial charge in [-0.1, -0.05) is 30.5 Å². The van der Waals surface area contributed by atoms with Gasteiger partial charge in [0.1, 0.15) is 0 Å². The minimum absolute atomic E-state index is 0.0301. The molecule has 1 aliphatic heterocycles. The van der Waals surface area contributed by atoms with Crippen molar-refractivity contribution in [1.29, 1.82) is 0 Å². The molecule has 4 nitrogen and oxygen atoms in total. The summed E-state index contributed by atoms with van der Waals surface area (Å²) in [5.74, 6) is 0.0638. The number of morpholine rings is 1. The molecule has 0 unspecified atom stereocenters. The van der Waals surface area contributed by atoms with Crippen LogP contribution in [0.1, 0.15) is 31.2 Å². The number of ether oxygens (including phenoxy) is 1. The number of carbonyl (C=O) groups excluding carboxylic acids is 1. The molecule has 1 heterocycles. The number of nitrogens with zero attached hydrogens (tertiary/aromatic N) is 1. The summed E-state index contributed by atoms with van der Waals surface area (Å²) < 4.78 is 6.00. The first-order valence-electron chi connectivity index (χ1n) is 7.88. The standard InChI is InChI=1S/C17H24N2O2/c1-14-4-6-15(7-5-14)18-16(20)12-19-10-11-21-17(13-19)8-2-3-9-17/h4-7H,2-3,8-13H2,1H3,(H,18,20). The molecular weight excluding hydrogens is 264 g/mol. The third-order valence-corrected chi connectivity index (χ3v) is 4.54. The average molecular weight is 288 g/mol. The third-order valence-electron chi connectivity index (χ3n) is 4.54. The topological polar surface area (TPSA) is 41.6 Å². The zero-order valence-corrected chi connectivity index (χ0v) is 12.7. The Balaban J connectivity index is 1.53. The molecule has 1 N–H and O–H groups in total. The molecule has 4 heteroatoms. The minimum atomic E-state index is 0.0301. The highest BCUT2D eigenvalue weighted by molar-refractivity contribution is 5.92. The Kier molecular flexibility index (Phi) is 4.27. The average Bonchev–Trinajstić information content (AvgIpc) is 2.89. The van der Waals surface area contributed by atoms with Crippen LogP contribution in [0.2, 0.25) is 0 Å². The fourth-order valence-electron chi connectivity index (χ4n) is 3.42. The van der Waals surface area contributed by atoms with Crippen molar-refractivity contribution in [1.82, 2.24) is 4.90 Å². The SMILES string of the molecule is Cc1ccc(NC(=O)CN2CCOC3(CCCC3)C2)cc1. The second kappa shape index (κ2) is 6.16. The van der Waals surface area contributed by atoms with Crippen molar-refractivity contribution < 1.29 is 9.53 Å². The van der Waals surface area contributed by atoms with Crippen LogP contribution < -0.4 is 5.32 Å². The van der Waals surface area contributed by atoms with E-state index in [2.05, 4.69) is 10.2 Å². The van der Waals surface area contributed by atoms with Crippen LogP contribution in [0.3, 0.4) is 0 Å². The number of hydrogen-bond donors (Lipinski definition) is 1. The highest BCUT2D eigenvalue weighted by atomic mass is 16.5. The van der Waals surface area contributed by atoms with Gasteiger partial charge in [0.25, 0.3) is 0 Å². The summed E-state index contributed by atoms with van der Waals surface area (Å²) in [6, 6.07) is 7.92. The van der Waals surface area contributed by atoms with E-state index in [1.165, 1.54) is 18.4 Å². The summed E-state index contributed by atoms with van der Waals surface area (Å²) in [4.78, 5) is 14.4. The molecule has 2 fully saturated rings. The quantitative estimate of drug-likeness (QED) is 0.929. The van der Waals surface area contributed by atoms with Crippen molar-refractivity contribution in [2.45, 2.75) is 38.2 Å². The van der Waals surface area contributed by atoms with E-state index < -0.39 is 0 Å². The van der Waals surface area contributed by atoms with E-state index in [1.807, 2.05) is 31.2 Å². The molecule has 1 aromatic rings. The lowest BCUT2D eigenvalue weighted by molar-refractivity contribution is -0.126. The van der Waals surface area contributed by atoms with Crippen LogP contribution in [-0.2, 0) is 9.53 Å². The van der Waals surface area contributed by atoms with Crippen LogP contribution in [0, 0.1) is 6.92 Å². The fraction of sp³-hybridized carbons (Fsp3) is 0.588. The summed E-state index contributed by atoms with van der Waals surface area (Å²) in [6.07, 6.45) is 4.79. The number of aryl methyl sites for hydroxylation is 1. The number of rotatable bonds is 3. The van der Waals surface area contributed by atoms with Gasteiger partial charge in [-0.3, -0.25) is 9.69 Å². The molecule has 1 spiro atoms. The minimum Gasteiger partial charge on any atom is -0.372 e. The summed E-state index contributed by atoms with van der Waals surface area (Å²) in [6.45, 7) is 4.99. The predicted molar refractivity (Wildman–Crippen MR) is 83.4 cm³/mol. The van der Waals surface area contributed by atoms with Gasteiger partial charge in [0.05, 0.1) is 18.8 Å². The van der Waals surface area contributed by atoms with Crippen molar-refractivity contribution in [2.24, 2.45) is 0 Å². The Morgan fingerprint density at radius 1 is 1.29 bits per heavy atom. The Morgan fingerprint density at radius 3 is 2.71 bits per heavy atom. The summed E-state index contributed by atoms with van der Waals surface area (Å²) in [5, 5.41) is 2.97. The predicted octanol–water partition coefficient (Wildman–Crippen LogP) is 2.58. The smallest absolute Gasteiger partial charge is 0.238 e. The maximum atomic E-state index is 12.2. The molecule has 21 heavy (non-hydrogen) atoms. The van der Waals surface area contributed by atoms with E-state index in [-0.39, 0.29) is 11.5 Å². The first-order chi connectivity index (χ1) is 10.2. The molecule has 1 saturated carbocycles. The van der Waals surface area contributed by atoms with Crippen molar-refractivity contribution in [3.8, 4) is 0 Å². The van der Waals surface area contributed by atoms with Gasteiger partial charge in [0.15, 0.2) is 0 Å². The molecule has 3 rings (SSSR count). The van der Waals surface area contributed by atoms with Crippen LogP contribution >= 0.6 is 0 Å². The number of anilines is 1. The Morgan fingerprint density at radius 2 is 2.00 bits per heavy atom. The largest absolute Gasteiger partial charge is 0.372 e. The van der Waals surface area contributed by atoms with Gasteiger partial charge in [-0.05, 0) is 31.9 Å². The number of benzene rings is 1. The molecule has 0 aromatic heterocycles. The number of carbonyl (C=O) groups is 1. The van der Waals surface area contributed by atoms with Crippen molar-refractivity contribution in [3.63, 3.8) is 0 Å². The zero-order chi connectivity index (χ0) is 14.7. The van der Waals surface area contributed by atoms with E-state index >= 15 is 0 Å². The van der Waals surface area contributed by atoms with E-state index in [4.69, 9.17) is 4.74 Å². The Hall–Kier alpha value is -1.39. The Labute approximate surface area is 126 Å². The van der Waals surface area contributed by atoms with Crippen molar-refractivity contribution in [3.05, 3.63) is 29.8 Å². The van der Waals surface area contributed by atoms with Crippen LogP contribution in [0.5, 0.6) is 0 Å². The van der Waals surface area contributed by atoms with Crippen LogP contribution in [-0.4, -0.2) is 42.6 Å². The summed E-state index contributed by atoms with van der Waals surface area (Å²) >= 11 is 0. The lowest BCUT2D eigenvalue weighted by Gasteiger charge is -2.40. The molecule has 2 aliphatic rings.